The van der Waals surface area contributed by atoms with Gasteiger partial charge < -0.3 is 9.88 Å². The summed E-state index contributed by atoms with van der Waals surface area (Å²) in [6.07, 6.45) is 2.66. The fraction of sp³-hybridized carbons (Fsp3) is 0.833. The predicted molar refractivity (Wildman–Crippen MR) is 74.8 cm³/mol. The van der Waals surface area contributed by atoms with E-state index in [4.69, 9.17) is 0 Å². The normalized spacial score (nSPS) is 20.7. The van der Waals surface area contributed by atoms with Crippen molar-refractivity contribution >= 4 is 11.8 Å². The molecule has 6 heteroatoms. The highest BCUT2D eigenvalue weighted by atomic mass is 32.2. The summed E-state index contributed by atoms with van der Waals surface area (Å²) in [4.78, 5) is 2.57. The molecule has 1 fully saturated rings. The first-order valence-electron chi connectivity index (χ1n) is 6.66. The van der Waals surface area contributed by atoms with Crippen molar-refractivity contribution in [3.05, 3.63) is 5.82 Å². The number of rotatable bonds is 6. The summed E-state index contributed by atoms with van der Waals surface area (Å²) < 4.78 is 2.09. The fourth-order valence-electron chi connectivity index (χ4n) is 2.45. The SMILES string of the molecule is CCN1CCCC1CSc1nnc(CNC)n1C. The Hall–Kier alpha value is -0.590. The largest absolute Gasteiger partial charge is 0.313 e. The van der Waals surface area contributed by atoms with Gasteiger partial charge >= 0.3 is 0 Å². The van der Waals surface area contributed by atoms with Crippen LogP contribution in [-0.4, -0.2) is 51.6 Å². The maximum absolute atomic E-state index is 4.26. The number of hydrogen-bond donors (Lipinski definition) is 1. The summed E-state index contributed by atoms with van der Waals surface area (Å²) in [5, 5.41) is 12.6. The fourth-order valence-corrected chi connectivity index (χ4v) is 3.57. The van der Waals surface area contributed by atoms with Crippen LogP contribution in [0.2, 0.25) is 0 Å². The molecule has 1 atom stereocenters. The van der Waals surface area contributed by atoms with Crippen molar-refractivity contribution < 1.29 is 0 Å². The highest BCUT2D eigenvalue weighted by Crippen LogP contribution is 2.24. The van der Waals surface area contributed by atoms with Gasteiger partial charge in [0, 0.05) is 18.8 Å². The molecule has 0 saturated carbocycles. The molecule has 0 amide bonds. The van der Waals surface area contributed by atoms with Crippen molar-refractivity contribution in [1.29, 1.82) is 0 Å². The standard InChI is InChI=1S/C12H23N5S/c1-4-17-7-5-6-10(17)9-18-12-15-14-11(8-13-2)16(12)3/h10,13H,4-9H2,1-3H3. The molecule has 5 nitrogen and oxygen atoms in total. The van der Waals surface area contributed by atoms with E-state index >= 15 is 0 Å². The molecule has 2 rings (SSSR count). The average molecular weight is 269 g/mol. The molecule has 18 heavy (non-hydrogen) atoms. The minimum atomic E-state index is 0.712. The first-order chi connectivity index (χ1) is 8.76. The molecular weight excluding hydrogens is 246 g/mol. The van der Waals surface area contributed by atoms with Gasteiger partial charge in [-0.15, -0.1) is 10.2 Å². The van der Waals surface area contributed by atoms with Crippen LogP contribution in [0.4, 0.5) is 0 Å². The van der Waals surface area contributed by atoms with Crippen LogP contribution in [0.25, 0.3) is 0 Å². The van der Waals surface area contributed by atoms with Crippen molar-refractivity contribution in [2.45, 2.75) is 37.5 Å². The number of hydrogen-bond acceptors (Lipinski definition) is 5. The van der Waals surface area contributed by atoms with Crippen LogP contribution >= 0.6 is 11.8 Å². The van der Waals surface area contributed by atoms with Gasteiger partial charge in [-0.25, -0.2) is 0 Å². The lowest BCUT2D eigenvalue weighted by atomic mass is 10.2. The van der Waals surface area contributed by atoms with Gasteiger partial charge in [0.15, 0.2) is 5.16 Å². The van der Waals surface area contributed by atoms with E-state index < -0.39 is 0 Å². The van der Waals surface area contributed by atoms with E-state index in [-0.39, 0.29) is 0 Å². The number of aromatic nitrogens is 3. The first kappa shape index (κ1) is 13.8. The lowest BCUT2D eigenvalue weighted by Crippen LogP contribution is -2.30. The van der Waals surface area contributed by atoms with Crippen molar-refractivity contribution in [2.24, 2.45) is 7.05 Å². The Morgan fingerprint density at radius 3 is 3.00 bits per heavy atom. The van der Waals surface area contributed by atoms with E-state index in [0.29, 0.717) is 6.04 Å². The minimum absolute atomic E-state index is 0.712. The lowest BCUT2D eigenvalue weighted by Gasteiger charge is -2.21. The average Bonchev–Trinajstić information content (AvgIpc) is 2.96. The molecule has 0 bridgehead atoms. The third-order valence-electron chi connectivity index (χ3n) is 3.57. The molecule has 0 radical (unpaired) electrons. The Balaban J connectivity index is 1.90. The van der Waals surface area contributed by atoms with Gasteiger partial charge in [0.05, 0.1) is 6.54 Å². The molecule has 2 heterocycles. The third-order valence-corrected chi connectivity index (χ3v) is 4.74. The summed E-state index contributed by atoms with van der Waals surface area (Å²) in [5.41, 5.74) is 0. The zero-order valence-electron chi connectivity index (χ0n) is 11.5. The van der Waals surface area contributed by atoms with Crippen LogP contribution < -0.4 is 5.32 Å². The summed E-state index contributed by atoms with van der Waals surface area (Å²) in [6.45, 7) is 5.44. The Morgan fingerprint density at radius 1 is 1.44 bits per heavy atom. The van der Waals surface area contributed by atoms with E-state index in [1.165, 1.54) is 19.4 Å². The zero-order chi connectivity index (χ0) is 13.0. The molecule has 0 spiro atoms. The second kappa shape index (κ2) is 6.54. The molecule has 102 valence electrons. The van der Waals surface area contributed by atoms with Crippen molar-refractivity contribution in [2.75, 3.05) is 25.9 Å². The molecule has 0 aromatic carbocycles. The van der Waals surface area contributed by atoms with Crippen molar-refractivity contribution in [3.63, 3.8) is 0 Å². The summed E-state index contributed by atoms with van der Waals surface area (Å²) in [6, 6.07) is 0.712. The summed E-state index contributed by atoms with van der Waals surface area (Å²) in [5.74, 6) is 2.12. The molecule has 1 saturated heterocycles. The third kappa shape index (κ3) is 3.05. The molecule has 1 unspecified atom stereocenters. The van der Waals surface area contributed by atoms with Crippen LogP contribution in [0.5, 0.6) is 0 Å². The smallest absolute Gasteiger partial charge is 0.191 e. The molecule has 1 aliphatic heterocycles. The van der Waals surface area contributed by atoms with E-state index in [0.717, 1.165) is 29.8 Å². The van der Waals surface area contributed by atoms with E-state index in [2.05, 4.69) is 31.9 Å². The van der Waals surface area contributed by atoms with Gasteiger partial charge in [0.25, 0.3) is 0 Å². The number of nitrogens with zero attached hydrogens (tertiary/aromatic N) is 4. The monoisotopic (exact) mass is 269 g/mol. The first-order valence-corrected chi connectivity index (χ1v) is 7.64. The highest BCUT2D eigenvalue weighted by Gasteiger charge is 2.23. The number of nitrogens with one attached hydrogen (secondary N) is 1. The van der Waals surface area contributed by atoms with Gasteiger partial charge in [-0.2, -0.15) is 0 Å². The lowest BCUT2D eigenvalue weighted by molar-refractivity contribution is 0.287. The van der Waals surface area contributed by atoms with Gasteiger partial charge in [-0.3, -0.25) is 4.90 Å². The molecule has 1 aliphatic rings. The number of likely N-dealkylation sites (tertiary alicyclic amines) is 1. The van der Waals surface area contributed by atoms with E-state index in [1.54, 1.807) is 0 Å². The Kier molecular flexibility index (Phi) is 5.03. The van der Waals surface area contributed by atoms with Gasteiger partial charge in [-0.1, -0.05) is 18.7 Å². The van der Waals surface area contributed by atoms with Crippen molar-refractivity contribution in [3.8, 4) is 0 Å². The number of thioether (sulfide) groups is 1. The molecule has 1 N–H and O–H groups in total. The van der Waals surface area contributed by atoms with E-state index in [9.17, 15) is 0 Å². The molecule has 1 aromatic rings. The van der Waals surface area contributed by atoms with Crippen LogP contribution in [0.3, 0.4) is 0 Å². The minimum Gasteiger partial charge on any atom is -0.313 e. The van der Waals surface area contributed by atoms with Crippen LogP contribution in [0, 0.1) is 0 Å². The molecular formula is C12H23N5S. The van der Waals surface area contributed by atoms with Gasteiger partial charge in [-0.05, 0) is 33.0 Å². The molecule has 1 aromatic heterocycles. The zero-order valence-corrected chi connectivity index (χ0v) is 12.3. The van der Waals surface area contributed by atoms with E-state index in [1.807, 2.05) is 25.9 Å². The summed E-state index contributed by atoms with van der Waals surface area (Å²) >= 11 is 1.83. The topological polar surface area (TPSA) is 46.0 Å². The summed E-state index contributed by atoms with van der Waals surface area (Å²) in [7, 11) is 3.97. The highest BCUT2D eigenvalue weighted by molar-refractivity contribution is 7.99. The molecule has 0 aliphatic carbocycles. The van der Waals surface area contributed by atoms with Gasteiger partial charge in [0.2, 0.25) is 0 Å². The van der Waals surface area contributed by atoms with Gasteiger partial charge in [0.1, 0.15) is 5.82 Å². The Labute approximate surface area is 113 Å². The van der Waals surface area contributed by atoms with Crippen molar-refractivity contribution in [1.82, 2.24) is 25.0 Å². The maximum atomic E-state index is 4.26. The maximum Gasteiger partial charge on any atom is 0.191 e. The Bertz CT molecular complexity index is 379. The van der Waals surface area contributed by atoms with Crippen LogP contribution in [-0.2, 0) is 13.6 Å². The predicted octanol–water partition coefficient (Wildman–Crippen LogP) is 1.11. The van der Waals surface area contributed by atoms with Crippen LogP contribution in [0.1, 0.15) is 25.6 Å². The quantitative estimate of drug-likeness (QED) is 0.784. The Morgan fingerprint density at radius 2 is 2.28 bits per heavy atom. The van der Waals surface area contributed by atoms with Crippen LogP contribution in [0.15, 0.2) is 5.16 Å². The second-order valence-electron chi connectivity index (χ2n) is 4.72. The second-order valence-corrected chi connectivity index (χ2v) is 5.71.